The molecule has 0 amide bonds. The number of hydrogen-bond donors (Lipinski definition) is 2. The Kier molecular flexibility index (Phi) is 4.28. The van der Waals surface area contributed by atoms with Crippen molar-refractivity contribution in [3.05, 3.63) is 89.5 Å². The van der Waals surface area contributed by atoms with Gasteiger partial charge in [0, 0.05) is 5.69 Å². The second-order valence-electron chi connectivity index (χ2n) is 7.11. The summed E-state index contributed by atoms with van der Waals surface area (Å²) in [5.41, 5.74) is 11.1. The molecule has 0 fully saturated rings. The van der Waals surface area contributed by atoms with Crippen LogP contribution in [0.25, 0.3) is 21.9 Å². The summed E-state index contributed by atoms with van der Waals surface area (Å²) in [6.07, 6.45) is 5.40. The first kappa shape index (κ1) is 17.1. The minimum atomic E-state index is -1.00. The molecule has 0 heterocycles. The lowest BCUT2D eigenvalue weighted by molar-refractivity contribution is 0.0698. The summed E-state index contributed by atoms with van der Waals surface area (Å²) < 4.78 is 0. The molecule has 0 aromatic heterocycles. The van der Waals surface area contributed by atoms with E-state index < -0.39 is 5.97 Å². The summed E-state index contributed by atoms with van der Waals surface area (Å²) in [5, 5.41) is 11.2. The van der Waals surface area contributed by atoms with Gasteiger partial charge in [0.2, 0.25) is 0 Å². The first-order valence-corrected chi connectivity index (χ1v) is 9.06. The maximum Gasteiger partial charge on any atom is 0.337 e. The highest BCUT2D eigenvalue weighted by atomic mass is 16.4. The number of hydrogen-bond acceptors (Lipinski definition) is 2. The van der Waals surface area contributed by atoms with Gasteiger partial charge in [0.25, 0.3) is 0 Å². The molecule has 0 spiro atoms. The van der Waals surface area contributed by atoms with E-state index in [1.165, 1.54) is 16.7 Å². The largest absolute Gasteiger partial charge is 0.478 e. The van der Waals surface area contributed by atoms with Crippen LogP contribution in [0.1, 0.15) is 34.8 Å². The smallest absolute Gasteiger partial charge is 0.337 e. The molecule has 3 aromatic carbocycles. The zero-order valence-electron chi connectivity index (χ0n) is 15.1. The maximum absolute atomic E-state index is 11.4. The molecule has 0 bridgehead atoms. The quantitative estimate of drug-likeness (QED) is 0.599. The fraction of sp³-hybridized carbons (Fsp3) is 0.125. The van der Waals surface area contributed by atoms with Crippen molar-refractivity contribution >= 4 is 33.6 Å². The molecule has 4 rings (SSSR count). The molecule has 3 N–H and O–H groups in total. The average Bonchev–Trinajstić information content (AvgIpc) is 2.67. The number of nitrogen functional groups attached to an aromatic ring is 1. The highest BCUT2D eigenvalue weighted by molar-refractivity contribution is 6.03. The monoisotopic (exact) mass is 355 g/mol. The molecule has 1 unspecified atom stereocenters. The molecule has 0 saturated heterocycles. The van der Waals surface area contributed by atoms with E-state index in [4.69, 9.17) is 5.73 Å². The van der Waals surface area contributed by atoms with Gasteiger partial charge in [-0.3, -0.25) is 0 Å². The van der Waals surface area contributed by atoms with Crippen LogP contribution >= 0.6 is 0 Å². The Labute approximate surface area is 158 Å². The third kappa shape index (κ3) is 3.24. The highest BCUT2D eigenvalue weighted by Gasteiger charge is 2.17. The van der Waals surface area contributed by atoms with E-state index in [2.05, 4.69) is 55.5 Å². The molecule has 0 aliphatic heterocycles. The summed E-state index contributed by atoms with van der Waals surface area (Å²) in [6.45, 7) is 2.22. The topological polar surface area (TPSA) is 63.3 Å². The number of aromatic carboxylic acids is 1. The van der Waals surface area contributed by atoms with Gasteiger partial charge in [-0.15, -0.1) is 0 Å². The third-order valence-corrected chi connectivity index (χ3v) is 5.11. The van der Waals surface area contributed by atoms with E-state index >= 15 is 0 Å². The number of nitrogens with two attached hydrogens (primary N) is 1. The molecule has 3 aromatic rings. The van der Waals surface area contributed by atoms with Gasteiger partial charge >= 0.3 is 5.97 Å². The predicted molar refractivity (Wildman–Crippen MR) is 111 cm³/mol. The van der Waals surface area contributed by atoms with Gasteiger partial charge in [-0.2, -0.15) is 0 Å². The van der Waals surface area contributed by atoms with Gasteiger partial charge in [-0.05, 0) is 63.6 Å². The molecule has 3 heteroatoms. The normalized spacial score (nSPS) is 16.7. The van der Waals surface area contributed by atoms with Crippen molar-refractivity contribution in [3.8, 4) is 0 Å². The summed E-state index contributed by atoms with van der Waals surface area (Å²) in [7, 11) is 0. The fourth-order valence-corrected chi connectivity index (χ4v) is 3.71. The van der Waals surface area contributed by atoms with E-state index in [1.807, 2.05) is 12.1 Å². The number of carbonyl (C=O) groups is 1. The van der Waals surface area contributed by atoms with E-state index in [0.717, 1.165) is 22.8 Å². The Morgan fingerprint density at radius 1 is 1.00 bits per heavy atom. The van der Waals surface area contributed by atoms with Crippen LogP contribution in [0.4, 0.5) is 5.69 Å². The Bertz CT molecular complexity index is 1090. The van der Waals surface area contributed by atoms with Crippen LogP contribution in [0, 0.1) is 5.92 Å². The van der Waals surface area contributed by atoms with Crippen LogP contribution in [0.3, 0.4) is 0 Å². The van der Waals surface area contributed by atoms with Gasteiger partial charge in [0.1, 0.15) is 0 Å². The fourth-order valence-electron chi connectivity index (χ4n) is 3.71. The molecule has 0 saturated carbocycles. The van der Waals surface area contributed by atoms with Crippen LogP contribution in [-0.2, 0) is 0 Å². The molecular weight excluding hydrogens is 334 g/mol. The molecule has 0 radical (unpaired) electrons. The summed E-state index contributed by atoms with van der Waals surface area (Å²) in [5.74, 6) is -0.516. The second-order valence-corrected chi connectivity index (χ2v) is 7.11. The molecule has 134 valence electrons. The second kappa shape index (κ2) is 6.76. The Morgan fingerprint density at radius 2 is 1.78 bits per heavy atom. The zero-order chi connectivity index (χ0) is 19.0. The van der Waals surface area contributed by atoms with Crippen molar-refractivity contribution in [2.24, 2.45) is 5.92 Å². The van der Waals surface area contributed by atoms with Crippen molar-refractivity contribution in [3.63, 3.8) is 0 Å². The van der Waals surface area contributed by atoms with E-state index in [-0.39, 0.29) is 5.56 Å². The SMILES string of the molecule is CC1C=CC(c2ccc3cc(N)c(C(=O)O)cc3c2)=C(c2ccccc2)C1. The molecular formula is C24H21NO2. The predicted octanol–water partition coefficient (Wildman–Crippen LogP) is 5.63. The standard InChI is InChI=1S/C24H21NO2/c1-15-7-10-20(21(11-15)16-5-3-2-4-6-16)18-9-8-17-14-23(25)22(24(26)27)13-19(17)12-18/h2-10,12-15H,11,25H2,1H3,(H,26,27). The number of carboxylic acid groups (broad SMARTS) is 1. The average molecular weight is 355 g/mol. The summed E-state index contributed by atoms with van der Waals surface area (Å²) in [4.78, 5) is 11.4. The first-order valence-electron chi connectivity index (χ1n) is 9.06. The number of rotatable bonds is 3. The lowest BCUT2D eigenvalue weighted by Gasteiger charge is -2.21. The maximum atomic E-state index is 11.4. The van der Waals surface area contributed by atoms with Gasteiger partial charge in [-0.25, -0.2) is 4.79 Å². The first-order chi connectivity index (χ1) is 13.0. The van der Waals surface area contributed by atoms with Gasteiger partial charge in [-0.1, -0.05) is 61.5 Å². The van der Waals surface area contributed by atoms with Crippen LogP contribution in [0.5, 0.6) is 0 Å². The van der Waals surface area contributed by atoms with Crippen LogP contribution in [-0.4, -0.2) is 11.1 Å². The molecule has 3 nitrogen and oxygen atoms in total. The Morgan fingerprint density at radius 3 is 2.52 bits per heavy atom. The van der Waals surface area contributed by atoms with E-state index in [1.54, 1.807) is 12.1 Å². The lowest BCUT2D eigenvalue weighted by atomic mass is 9.83. The lowest BCUT2D eigenvalue weighted by Crippen LogP contribution is -2.03. The molecule has 1 aliphatic carbocycles. The molecule has 1 aliphatic rings. The number of anilines is 1. The van der Waals surface area contributed by atoms with Gasteiger partial charge < -0.3 is 10.8 Å². The van der Waals surface area contributed by atoms with Crippen LogP contribution in [0.2, 0.25) is 0 Å². The number of fused-ring (bicyclic) bond motifs is 1. The Hall–Kier alpha value is -3.33. The minimum absolute atomic E-state index is 0.143. The van der Waals surface area contributed by atoms with Crippen molar-refractivity contribution in [2.75, 3.05) is 5.73 Å². The number of allylic oxidation sites excluding steroid dienone is 4. The zero-order valence-corrected chi connectivity index (χ0v) is 15.1. The van der Waals surface area contributed by atoms with Gasteiger partial charge in [0.15, 0.2) is 0 Å². The molecule has 1 atom stereocenters. The van der Waals surface area contributed by atoms with Crippen molar-refractivity contribution in [1.82, 2.24) is 0 Å². The minimum Gasteiger partial charge on any atom is -0.478 e. The van der Waals surface area contributed by atoms with Gasteiger partial charge in [0.05, 0.1) is 5.56 Å². The van der Waals surface area contributed by atoms with E-state index in [0.29, 0.717) is 11.6 Å². The number of benzene rings is 3. The third-order valence-electron chi connectivity index (χ3n) is 5.11. The van der Waals surface area contributed by atoms with Crippen LogP contribution < -0.4 is 5.73 Å². The highest BCUT2D eigenvalue weighted by Crippen LogP contribution is 2.37. The van der Waals surface area contributed by atoms with Crippen LogP contribution in [0.15, 0.2) is 72.8 Å². The molecule has 27 heavy (non-hydrogen) atoms. The van der Waals surface area contributed by atoms with Crippen molar-refractivity contribution in [2.45, 2.75) is 13.3 Å². The Balaban J connectivity index is 1.90. The number of carboxylic acids is 1. The van der Waals surface area contributed by atoms with Crippen molar-refractivity contribution < 1.29 is 9.90 Å². The van der Waals surface area contributed by atoms with E-state index in [9.17, 15) is 9.90 Å². The van der Waals surface area contributed by atoms with Crippen molar-refractivity contribution in [1.29, 1.82) is 0 Å². The summed E-state index contributed by atoms with van der Waals surface area (Å²) in [6, 6.07) is 20.0. The summed E-state index contributed by atoms with van der Waals surface area (Å²) >= 11 is 0.